The molecule has 8 nitrogen and oxygen atoms in total. The van der Waals surface area contributed by atoms with Gasteiger partial charge in [-0.05, 0) is 13.0 Å². The van der Waals surface area contributed by atoms with Crippen LogP contribution >= 0.6 is 0 Å². The van der Waals surface area contributed by atoms with Crippen molar-refractivity contribution in [2.45, 2.75) is 6.92 Å². The minimum absolute atomic E-state index is 0.0914. The summed E-state index contributed by atoms with van der Waals surface area (Å²) in [5.74, 6) is -0.00110. The van der Waals surface area contributed by atoms with E-state index < -0.39 is 5.91 Å². The van der Waals surface area contributed by atoms with Crippen LogP contribution in [0.3, 0.4) is 0 Å². The Kier molecular flexibility index (Phi) is 4.04. The topological polar surface area (TPSA) is 99.1 Å². The molecule has 0 radical (unpaired) electrons. The molecule has 0 atom stereocenters. The fourth-order valence-electron chi connectivity index (χ4n) is 1.38. The van der Waals surface area contributed by atoms with E-state index in [4.69, 9.17) is 9.47 Å². The van der Waals surface area contributed by atoms with Crippen LogP contribution in [0.15, 0.2) is 18.3 Å². The summed E-state index contributed by atoms with van der Waals surface area (Å²) in [5.41, 5.74) is 0.736. The van der Waals surface area contributed by atoms with Gasteiger partial charge < -0.3 is 9.47 Å². The largest absolute Gasteiger partial charge is 0.481 e. The highest BCUT2D eigenvalue weighted by Crippen LogP contribution is 2.15. The third-order valence-corrected chi connectivity index (χ3v) is 2.32. The van der Waals surface area contributed by atoms with Gasteiger partial charge in [0.2, 0.25) is 23.5 Å². The van der Waals surface area contributed by atoms with Crippen molar-refractivity contribution in [3.05, 3.63) is 29.8 Å². The van der Waals surface area contributed by atoms with E-state index in [-0.39, 0.29) is 23.5 Å². The average Bonchev–Trinajstić information content (AvgIpc) is 2.46. The molecule has 20 heavy (non-hydrogen) atoms. The van der Waals surface area contributed by atoms with E-state index in [2.05, 4.69) is 25.3 Å². The van der Waals surface area contributed by atoms with Gasteiger partial charge in [-0.2, -0.15) is 9.97 Å². The Hall–Kier alpha value is -2.77. The Morgan fingerprint density at radius 1 is 1.15 bits per heavy atom. The van der Waals surface area contributed by atoms with E-state index in [0.29, 0.717) is 0 Å². The van der Waals surface area contributed by atoms with Gasteiger partial charge in [0, 0.05) is 11.9 Å². The second-order valence-electron chi connectivity index (χ2n) is 3.75. The number of hydrogen-bond donors (Lipinski definition) is 1. The van der Waals surface area contributed by atoms with E-state index >= 15 is 0 Å². The number of carbonyl (C=O) groups is 1. The number of methoxy groups -OCH3 is 2. The van der Waals surface area contributed by atoms with Crippen molar-refractivity contribution in [2.75, 3.05) is 19.5 Å². The van der Waals surface area contributed by atoms with Crippen molar-refractivity contribution in [1.82, 2.24) is 19.9 Å². The summed E-state index contributed by atoms with van der Waals surface area (Å²) >= 11 is 0. The molecule has 0 unspecified atom stereocenters. The van der Waals surface area contributed by atoms with Gasteiger partial charge in [0.1, 0.15) is 0 Å². The van der Waals surface area contributed by atoms with E-state index in [1.165, 1.54) is 20.3 Å². The van der Waals surface area contributed by atoms with Crippen LogP contribution in [-0.4, -0.2) is 40.1 Å². The maximum absolute atomic E-state index is 12.0. The second-order valence-corrected chi connectivity index (χ2v) is 3.75. The lowest BCUT2D eigenvalue weighted by Gasteiger charge is -2.06. The smallest absolute Gasteiger partial charge is 0.296 e. The summed E-state index contributed by atoms with van der Waals surface area (Å²) in [7, 11) is 2.88. The Morgan fingerprint density at radius 3 is 2.35 bits per heavy atom. The molecule has 0 saturated heterocycles. The standard InChI is InChI=1S/C12H13N5O3/c1-7-4-5-13-12(14-7)17-11(18)10-15-8(19-2)6-9(16-10)20-3/h4-6H,1-3H3,(H,13,14,17,18). The highest BCUT2D eigenvalue weighted by atomic mass is 16.5. The Balaban J connectivity index is 2.24. The first-order valence-electron chi connectivity index (χ1n) is 5.70. The van der Waals surface area contributed by atoms with Gasteiger partial charge in [-0.25, -0.2) is 9.97 Å². The molecule has 2 heterocycles. The van der Waals surface area contributed by atoms with Crippen molar-refractivity contribution in [3.63, 3.8) is 0 Å². The zero-order valence-electron chi connectivity index (χ0n) is 11.2. The number of nitrogens with one attached hydrogen (secondary N) is 1. The molecule has 8 heteroatoms. The van der Waals surface area contributed by atoms with Crippen LogP contribution < -0.4 is 14.8 Å². The zero-order valence-corrected chi connectivity index (χ0v) is 11.2. The van der Waals surface area contributed by atoms with Crippen molar-refractivity contribution in [2.24, 2.45) is 0 Å². The number of anilines is 1. The van der Waals surface area contributed by atoms with Crippen LogP contribution in [0.2, 0.25) is 0 Å². The number of carbonyl (C=O) groups excluding carboxylic acids is 1. The van der Waals surface area contributed by atoms with Gasteiger partial charge >= 0.3 is 0 Å². The fraction of sp³-hybridized carbons (Fsp3) is 0.250. The molecule has 104 valence electrons. The maximum atomic E-state index is 12.0. The van der Waals surface area contributed by atoms with Gasteiger partial charge in [-0.3, -0.25) is 10.1 Å². The number of nitrogens with zero attached hydrogens (tertiary/aromatic N) is 4. The lowest BCUT2D eigenvalue weighted by atomic mass is 10.4. The van der Waals surface area contributed by atoms with Crippen LogP contribution in [0.5, 0.6) is 11.8 Å². The molecule has 1 amide bonds. The molecule has 0 spiro atoms. The molecule has 2 rings (SSSR count). The van der Waals surface area contributed by atoms with Crippen LogP contribution in [0, 0.1) is 6.92 Å². The van der Waals surface area contributed by atoms with Gasteiger partial charge in [0.25, 0.3) is 5.91 Å². The average molecular weight is 275 g/mol. The third kappa shape index (κ3) is 3.16. The third-order valence-electron chi connectivity index (χ3n) is 2.32. The fourth-order valence-corrected chi connectivity index (χ4v) is 1.38. The molecular weight excluding hydrogens is 262 g/mol. The van der Waals surface area contributed by atoms with Crippen LogP contribution in [-0.2, 0) is 0 Å². The molecular formula is C12H13N5O3. The lowest BCUT2D eigenvalue weighted by molar-refractivity contribution is 0.101. The van der Waals surface area contributed by atoms with Gasteiger partial charge in [-0.15, -0.1) is 0 Å². The molecule has 0 aliphatic carbocycles. The maximum Gasteiger partial charge on any atom is 0.296 e. The highest BCUT2D eigenvalue weighted by molar-refractivity contribution is 6.00. The van der Waals surface area contributed by atoms with Crippen molar-refractivity contribution in [1.29, 1.82) is 0 Å². The van der Waals surface area contributed by atoms with E-state index in [9.17, 15) is 4.79 Å². The quantitative estimate of drug-likeness (QED) is 0.882. The molecule has 2 aromatic heterocycles. The van der Waals surface area contributed by atoms with E-state index in [0.717, 1.165) is 5.69 Å². The monoisotopic (exact) mass is 275 g/mol. The normalized spacial score (nSPS) is 9.95. The predicted molar refractivity (Wildman–Crippen MR) is 69.9 cm³/mol. The first kappa shape index (κ1) is 13.7. The van der Waals surface area contributed by atoms with E-state index in [1.807, 2.05) is 0 Å². The van der Waals surface area contributed by atoms with Crippen LogP contribution in [0.25, 0.3) is 0 Å². The minimum Gasteiger partial charge on any atom is -0.481 e. The van der Waals surface area contributed by atoms with E-state index in [1.54, 1.807) is 19.2 Å². The SMILES string of the molecule is COc1cc(OC)nc(C(=O)Nc2nccc(C)n2)n1. The van der Waals surface area contributed by atoms with Gasteiger partial charge in [-0.1, -0.05) is 0 Å². The molecule has 0 aliphatic heterocycles. The summed E-state index contributed by atoms with van der Waals surface area (Å²) in [4.78, 5) is 27.9. The molecule has 2 aromatic rings. The minimum atomic E-state index is -0.548. The summed E-state index contributed by atoms with van der Waals surface area (Å²) < 4.78 is 9.95. The summed E-state index contributed by atoms with van der Waals surface area (Å²) in [6.07, 6.45) is 1.55. The highest BCUT2D eigenvalue weighted by Gasteiger charge is 2.14. The number of amides is 1. The first-order chi connectivity index (χ1) is 9.62. The zero-order chi connectivity index (χ0) is 14.5. The number of rotatable bonds is 4. The summed E-state index contributed by atoms with van der Waals surface area (Å²) in [6.45, 7) is 1.79. The van der Waals surface area contributed by atoms with Gasteiger partial charge in [0.05, 0.1) is 20.3 Å². The van der Waals surface area contributed by atoms with Crippen molar-refractivity contribution >= 4 is 11.9 Å². The molecule has 0 aliphatic rings. The molecule has 0 aromatic carbocycles. The summed E-state index contributed by atoms with van der Waals surface area (Å²) in [6, 6.07) is 3.20. The molecule has 1 N–H and O–H groups in total. The van der Waals surface area contributed by atoms with Gasteiger partial charge in [0.15, 0.2) is 0 Å². The summed E-state index contributed by atoms with van der Waals surface area (Å²) in [5, 5.41) is 2.50. The predicted octanol–water partition coefficient (Wildman–Crippen LogP) is 0.845. The Morgan fingerprint density at radius 2 is 1.80 bits per heavy atom. The second kappa shape index (κ2) is 5.91. The van der Waals surface area contributed by atoms with Crippen LogP contribution in [0.1, 0.15) is 16.3 Å². The first-order valence-corrected chi connectivity index (χ1v) is 5.70. The molecule has 0 bridgehead atoms. The number of hydrogen-bond acceptors (Lipinski definition) is 7. The Bertz CT molecular complexity index is 610. The Labute approximate surface area is 115 Å². The van der Waals surface area contributed by atoms with Crippen LogP contribution in [0.4, 0.5) is 5.95 Å². The molecule has 0 fully saturated rings. The molecule has 0 saturated carbocycles. The lowest BCUT2D eigenvalue weighted by Crippen LogP contribution is -2.18. The number of ether oxygens (including phenoxy) is 2. The number of aryl methyl sites for hydroxylation is 1. The van der Waals surface area contributed by atoms with Crippen molar-refractivity contribution < 1.29 is 14.3 Å². The van der Waals surface area contributed by atoms with Crippen molar-refractivity contribution in [3.8, 4) is 11.8 Å². The number of aromatic nitrogens is 4.